The standard InChI is InChI=1S/C14H10N6OS3/c21-11(6-23-13-15-7-16-20-13)19-14-18-9(5-22-14)12-17-8-3-1-2-4-10(8)24-12/h1-5,7H,6H2,(H,15,16,20)(H,18,19,21). The van der Waals surface area contributed by atoms with Crippen LogP contribution >= 0.6 is 34.4 Å². The Morgan fingerprint density at radius 2 is 2.21 bits per heavy atom. The van der Waals surface area contributed by atoms with Crippen molar-refractivity contribution < 1.29 is 4.79 Å². The van der Waals surface area contributed by atoms with Crippen molar-refractivity contribution in [2.45, 2.75) is 5.16 Å². The fourth-order valence-electron chi connectivity index (χ4n) is 1.97. The Labute approximate surface area is 148 Å². The molecule has 0 saturated carbocycles. The number of hydrogen-bond acceptors (Lipinski definition) is 8. The Morgan fingerprint density at radius 1 is 1.29 bits per heavy atom. The Bertz CT molecular complexity index is 944. The predicted molar refractivity (Wildman–Crippen MR) is 96.5 cm³/mol. The second kappa shape index (κ2) is 6.67. The SMILES string of the molecule is O=C(CSc1nnc[nH]1)Nc1nc(-c2nc3ccccc3s2)cs1. The third-order valence-corrected chi connectivity index (χ3v) is 5.69. The summed E-state index contributed by atoms with van der Waals surface area (Å²) in [5, 5.41) is 14.2. The minimum Gasteiger partial charge on any atom is -0.323 e. The van der Waals surface area contributed by atoms with Gasteiger partial charge in [0.05, 0.1) is 16.0 Å². The molecule has 10 heteroatoms. The fourth-order valence-corrected chi connectivity index (χ4v) is 4.26. The average Bonchev–Trinajstić information content (AvgIpc) is 3.32. The molecule has 3 heterocycles. The van der Waals surface area contributed by atoms with E-state index in [1.165, 1.54) is 29.4 Å². The first kappa shape index (κ1) is 15.2. The second-order valence-corrected chi connectivity index (χ2v) is 7.51. The van der Waals surface area contributed by atoms with Gasteiger partial charge in [-0.05, 0) is 12.1 Å². The number of benzene rings is 1. The Hall–Kier alpha value is -2.30. The average molecular weight is 374 g/mol. The lowest BCUT2D eigenvalue weighted by Crippen LogP contribution is -2.13. The number of fused-ring (bicyclic) bond motifs is 1. The van der Waals surface area contributed by atoms with Crippen LogP contribution in [0.15, 0.2) is 41.1 Å². The van der Waals surface area contributed by atoms with Gasteiger partial charge < -0.3 is 10.3 Å². The van der Waals surface area contributed by atoms with E-state index in [0.717, 1.165) is 20.9 Å². The number of thioether (sulfide) groups is 1. The van der Waals surface area contributed by atoms with Crippen molar-refractivity contribution in [2.75, 3.05) is 11.1 Å². The van der Waals surface area contributed by atoms with E-state index in [1.807, 2.05) is 29.6 Å². The Morgan fingerprint density at radius 3 is 3.04 bits per heavy atom. The molecule has 120 valence electrons. The maximum atomic E-state index is 12.0. The van der Waals surface area contributed by atoms with Gasteiger partial charge >= 0.3 is 0 Å². The zero-order valence-corrected chi connectivity index (χ0v) is 14.5. The van der Waals surface area contributed by atoms with E-state index in [-0.39, 0.29) is 11.7 Å². The molecular formula is C14H10N6OS3. The summed E-state index contributed by atoms with van der Waals surface area (Å²) < 4.78 is 1.12. The van der Waals surface area contributed by atoms with Gasteiger partial charge in [-0.15, -0.1) is 32.9 Å². The number of hydrogen-bond donors (Lipinski definition) is 2. The van der Waals surface area contributed by atoms with Gasteiger partial charge in [0.25, 0.3) is 0 Å². The van der Waals surface area contributed by atoms with Gasteiger partial charge in [0, 0.05) is 5.38 Å². The maximum absolute atomic E-state index is 12.0. The number of para-hydroxylation sites is 1. The molecule has 0 aliphatic heterocycles. The summed E-state index contributed by atoms with van der Waals surface area (Å²) in [6.07, 6.45) is 1.48. The van der Waals surface area contributed by atoms with Crippen molar-refractivity contribution in [3.8, 4) is 10.7 Å². The molecule has 1 aromatic carbocycles. The zero-order chi connectivity index (χ0) is 16.4. The van der Waals surface area contributed by atoms with E-state index in [0.29, 0.717) is 10.3 Å². The number of nitrogens with one attached hydrogen (secondary N) is 2. The molecule has 0 spiro atoms. The van der Waals surface area contributed by atoms with Gasteiger partial charge in [-0.3, -0.25) is 4.79 Å². The summed E-state index contributed by atoms with van der Waals surface area (Å²) in [4.78, 5) is 23.8. The molecular weight excluding hydrogens is 364 g/mol. The van der Waals surface area contributed by atoms with Crippen molar-refractivity contribution in [2.24, 2.45) is 0 Å². The first-order valence-corrected chi connectivity index (χ1v) is 9.56. The van der Waals surface area contributed by atoms with Gasteiger partial charge in [-0.2, -0.15) is 0 Å². The number of carbonyl (C=O) groups is 1. The van der Waals surface area contributed by atoms with Crippen LogP contribution in [0, 0.1) is 0 Å². The molecule has 3 aromatic heterocycles. The van der Waals surface area contributed by atoms with Crippen molar-refractivity contribution in [3.63, 3.8) is 0 Å². The number of nitrogens with zero attached hydrogens (tertiary/aromatic N) is 4. The van der Waals surface area contributed by atoms with Crippen LogP contribution in [0.2, 0.25) is 0 Å². The van der Waals surface area contributed by atoms with Crippen LogP contribution in [0.5, 0.6) is 0 Å². The smallest absolute Gasteiger partial charge is 0.236 e. The second-order valence-electron chi connectivity index (χ2n) is 4.66. The number of thiazole rings is 2. The summed E-state index contributed by atoms with van der Waals surface area (Å²) in [5.74, 6) is 0.104. The highest BCUT2D eigenvalue weighted by Gasteiger charge is 2.12. The summed E-state index contributed by atoms with van der Waals surface area (Å²) in [7, 11) is 0. The molecule has 4 rings (SSSR count). The number of aromatic nitrogens is 5. The Kier molecular flexibility index (Phi) is 4.24. The zero-order valence-electron chi connectivity index (χ0n) is 12.1. The first-order valence-electron chi connectivity index (χ1n) is 6.88. The predicted octanol–water partition coefficient (Wildman–Crippen LogP) is 3.27. The number of anilines is 1. The lowest BCUT2D eigenvalue weighted by atomic mass is 10.3. The van der Waals surface area contributed by atoms with Crippen LogP contribution in [0.4, 0.5) is 5.13 Å². The number of aromatic amines is 1. The topological polar surface area (TPSA) is 96.5 Å². The lowest BCUT2D eigenvalue weighted by Gasteiger charge is -1.99. The van der Waals surface area contributed by atoms with Gasteiger partial charge in [-0.25, -0.2) is 9.97 Å². The molecule has 7 nitrogen and oxygen atoms in total. The number of amides is 1. The van der Waals surface area contributed by atoms with Crippen LogP contribution in [0.3, 0.4) is 0 Å². The first-order chi connectivity index (χ1) is 11.8. The molecule has 1 amide bonds. The van der Waals surface area contributed by atoms with Crippen molar-refractivity contribution in [1.29, 1.82) is 0 Å². The van der Waals surface area contributed by atoms with Crippen molar-refractivity contribution in [3.05, 3.63) is 36.0 Å². The van der Waals surface area contributed by atoms with E-state index in [9.17, 15) is 4.79 Å². The molecule has 0 atom stereocenters. The molecule has 24 heavy (non-hydrogen) atoms. The minimum absolute atomic E-state index is 0.137. The van der Waals surface area contributed by atoms with Crippen molar-refractivity contribution in [1.82, 2.24) is 25.1 Å². The molecule has 4 aromatic rings. The molecule has 0 unspecified atom stereocenters. The Balaban J connectivity index is 1.43. The fraction of sp³-hybridized carbons (Fsp3) is 0.0714. The van der Waals surface area contributed by atoms with Crippen LogP contribution in [-0.2, 0) is 4.79 Å². The van der Waals surface area contributed by atoms with E-state index >= 15 is 0 Å². The van der Waals surface area contributed by atoms with Crippen LogP contribution in [0.1, 0.15) is 0 Å². The number of rotatable bonds is 5. The summed E-state index contributed by atoms with van der Waals surface area (Å²) >= 11 is 4.26. The third-order valence-electron chi connectivity index (χ3n) is 3.00. The third kappa shape index (κ3) is 3.30. The molecule has 0 radical (unpaired) electrons. The van der Waals surface area contributed by atoms with E-state index < -0.39 is 0 Å². The minimum atomic E-state index is -0.137. The van der Waals surface area contributed by atoms with Gasteiger partial charge in [0.15, 0.2) is 10.3 Å². The summed E-state index contributed by atoms with van der Waals surface area (Å²) in [6, 6.07) is 7.96. The largest absolute Gasteiger partial charge is 0.323 e. The van der Waals surface area contributed by atoms with Crippen LogP contribution in [0.25, 0.3) is 20.9 Å². The summed E-state index contributed by atoms with van der Waals surface area (Å²) in [6.45, 7) is 0. The molecule has 0 bridgehead atoms. The molecule has 0 aliphatic rings. The van der Waals surface area contributed by atoms with Crippen LogP contribution < -0.4 is 5.32 Å². The highest BCUT2D eigenvalue weighted by atomic mass is 32.2. The quantitative estimate of drug-likeness (QED) is 0.521. The van der Waals surface area contributed by atoms with Gasteiger partial charge in [0.1, 0.15) is 17.0 Å². The summed E-state index contributed by atoms with van der Waals surface area (Å²) in [5.41, 5.74) is 1.74. The highest BCUT2D eigenvalue weighted by molar-refractivity contribution is 7.99. The van der Waals surface area contributed by atoms with E-state index in [1.54, 1.807) is 11.3 Å². The maximum Gasteiger partial charge on any atom is 0.236 e. The van der Waals surface area contributed by atoms with Crippen LogP contribution in [-0.4, -0.2) is 36.8 Å². The lowest BCUT2D eigenvalue weighted by molar-refractivity contribution is -0.113. The molecule has 0 saturated heterocycles. The van der Waals surface area contributed by atoms with Gasteiger partial charge in [0.2, 0.25) is 5.91 Å². The van der Waals surface area contributed by atoms with E-state index in [4.69, 9.17) is 0 Å². The molecule has 2 N–H and O–H groups in total. The van der Waals surface area contributed by atoms with E-state index in [2.05, 4.69) is 30.5 Å². The highest BCUT2D eigenvalue weighted by Crippen LogP contribution is 2.31. The molecule has 0 aliphatic carbocycles. The monoisotopic (exact) mass is 374 g/mol. The molecule has 0 fully saturated rings. The number of carbonyl (C=O) groups excluding carboxylic acids is 1. The van der Waals surface area contributed by atoms with Gasteiger partial charge in [-0.1, -0.05) is 23.9 Å². The van der Waals surface area contributed by atoms with Crippen molar-refractivity contribution >= 4 is 55.7 Å². The normalized spacial score (nSPS) is 11.0. The number of H-pyrrole nitrogens is 1.